The summed E-state index contributed by atoms with van der Waals surface area (Å²) in [4.78, 5) is 0. The molecule has 9 aromatic carbocycles. The summed E-state index contributed by atoms with van der Waals surface area (Å²) in [6.45, 7) is 0. The molecule has 0 aliphatic rings. The van der Waals surface area contributed by atoms with Gasteiger partial charge < -0.3 is 0 Å². The first-order valence-corrected chi connectivity index (χ1v) is 14.6. The average Bonchev–Trinajstić information content (AvgIpc) is 3.06. The number of fused-ring (bicyclic) bond motifs is 8. The van der Waals surface area contributed by atoms with Crippen LogP contribution in [0.4, 0.5) is 0 Å². The van der Waals surface area contributed by atoms with Gasteiger partial charge in [0.05, 0.1) is 0 Å². The Kier molecular flexibility index (Phi) is 5.00. The second-order valence-corrected chi connectivity index (χ2v) is 11.4. The first kappa shape index (κ1) is 23.3. The monoisotopic (exact) mass is 530 g/mol. The Labute approximate surface area is 244 Å². The molecule has 0 aliphatic carbocycles. The highest BCUT2D eigenvalue weighted by Gasteiger charge is 2.08. The lowest BCUT2D eigenvalue weighted by atomic mass is 9.94. The Morgan fingerprint density at radius 3 is 0.929 bits per heavy atom. The summed E-state index contributed by atoms with van der Waals surface area (Å²) in [5, 5.41) is 15.5. The lowest BCUT2D eigenvalue weighted by Gasteiger charge is -2.11. The van der Waals surface area contributed by atoms with E-state index in [-0.39, 0.29) is 0 Å². The Morgan fingerprint density at radius 1 is 0.190 bits per heavy atom. The zero-order valence-corrected chi connectivity index (χ0v) is 23.0. The normalized spacial score (nSPS) is 11.8. The lowest BCUT2D eigenvalue weighted by molar-refractivity contribution is 1.62. The Balaban J connectivity index is 1.08. The van der Waals surface area contributed by atoms with Crippen LogP contribution in [0, 0.1) is 0 Å². The Hall–Kier alpha value is -5.46. The number of benzene rings is 9. The quantitative estimate of drug-likeness (QED) is 0.154. The van der Waals surface area contributed by atoms with Gasteiger partial charge in [-0.05, 0) is 123 Å². The summed E-state index contributed by atoms with van der Waals surface area (Å²) >= 11 is 0. The second-order valence-electron chi connectivity index (χ2n) is 11.4. The van der Waals surface area contributed by atoms with Gasteiger partial charge in [0.25, 0.3) is 0 Å². The topological polar surface area (TPSA) is 0 Å². The Bertz CT molecular complexity index is 2320. The fourth-order valence-electron chi connectivity index (χ4n) is 6.72. The Morgan fingerprint density at radius 2 is 0.524 bits per heavy atom. The van der Waals surface area contributed by atoms with Gasteiger partial charge in [-0.25, -0.2) is 0 Å². The van der Waals surface area contributed by atoms with Crippen molar-refractivity contribution in [3.8, 4) is 22.3 Å². The van der Waals surface area contributed by atoms with Crippen molar-refractivity contribution in [1.29, 1.82) is 0 Å². The zero-order chi connectivity index (χ0) is 27.6. The van der Waals surface area contributed by atoms with Gasteiger partial charge in [0.1, 0.15) is 0 Å². The minimum Gasteiger partial charge on any atom is -0.0616 e. The van der Waals surface area contributed by atoms with Gasteiger partial charge in [-0.3, -0.25) is 0 Å². The van der Waals surface area contributed by atoms with Gasteiger partial charge in [-0.1, -0.05) is 121 Å². The van der Waals surface area contributed by atoms with Gasteiger partial charge in [-0.2, -0.15) is 0 Å². The molecule has 9 rings (SSSR count). The molecule has 0 nitrogen and oxygen atoms in total. The average molecular weight is 531 g/mol. The van der Waals surface area contributed by atoms with E-state index >= 15 is 0 Å². The van der Waals surface area contributed by atoms with Gasteiger partial charge in [-0.15, -0.1) is 0 Å². The van der Waals surface area contributed by atoms with Gasteiger partial charge in [0.2, 0.25) is 0 Å². The highest BCUT2D eigenvalue weighted by molar-refractivity contribution is 6.14. The van der Waals surface area contributed by atoms with Crippen molar-refractivity contribution < 1.29 is 0 Å². The van der Waals surface area contributed by atoms with Crippen LogP contribution in [0.25, 0.3) is 86.9 Å². The molecule has 0 aromatic heterocycles. The molecule has 0 heteroatoms. The largest absolute Gasteiger partial charge is 0.0616 e. The molecule has 0 N–H and O–H groups in total. The standard InChI is InChI=1S/C42H26/c1-3-7-31-25-41-37(21-29(31)5-1)15-13-35-23-33(17-19-39(35)41)27-9-11-28(12-10-27)34-18-20-40-36(24-34)14-16-38-22-30-6-2-4-8-32(30)26-42(38)40/h1-26H. The van der Waals surface area contributed by atoms with Crippen LogP contribution in [0.2, 0.25) is 0 Å². The molecule has 0 radical (unpaired) electrons. The first-order chi connectivity index (χ1) is 20.8. The molecule has 0 atom stereocenters. The van der Waals surface area contributed by atoms with E-state index in [1.807, 2.05) is 0 Å². The van der Waals surface area contributed by atoms with Crippen LogP contribution in [-0.4, -0.2) is 0 Å². The van der Waals surface area contributed by atoms with Gasteiger partial charge >= 0.3 is 0 Å². The van der Waals surface area contributed by atoms with Gasteiger partial charge in [0, 0.05) is 0 Å². The van der Waals surface area contributed by atoms with E-state index < -0.39 is 0 Å². The highest BCUT2D eigenvalue weighted by atomic mass is 14.1. The van der Waals surface area contributed by atoms with Crippen molar-refractivity contribution >= 4 is 64.6 Å². The molecule has 0 unspecified atom stereocenters. The number of hydrogen-bond acceptors (Lipinski definition) is 0. The highest BCUT2D eigenvalue weighted by Crippen LogP contribution is 2.35. The third-order valence-electron chi connectivity index (χ3n) is 8.96. The third kappa shape index (κ3) is 3.70. The van der Waals surface area contributed by atoms with E-state index in [1.54, 1.807) is 0 Å². The van der Waals surface area contributed by atoms with Crippen molar-refractivity contribution in [2.75, 3.05) is 0 Å². The minimum absolute atomic E-state index is 1.23. The predicted octanol–water partition coefficient (Wildman–Crippen LogP) is 11.9. The number of hydrogen-bond donors (Lipinski definition) is 0. The molecule has 0 aliphatic heterocycles. The number of rotatable bonds is 2. The summed E-state index contributed by atoms with van der Waals surface area (Å²) in [5.74, 6) is 0. The van der Waals surface area contributed by atoms with Crippen molar-refractivity contribution in [1.82, 2.24) is 0 Å². The smallest absolute Gasteiger partial charge is 0.00990 e. The molecule has 0 fully saturated rings. The second kappa shape index (κ2) is 9.03. The van der Waals surface area contributed by atoms with Crippen LogP contribution in [0.3, 0.4) is 0 Å². The van der Waals surface area contributed by atoms with E-state index in [2.05, 4.69) is 158 Å². The van der Waals surface area contributed by atoms with Crippen LogP contribution in [0.5, 0.6) is 0 Å². The van der Waals surface area contributed by atoms with Gasteiger partial charge in [0.15, 0.2) is 0 Å². The van der Waals surface area contributed by atoms with Crippen molar-refractivity contribution in [3.63, 3.8) is 0 Å². The summed E-state index contributed by atoms with van der Waals surface area (Å²) in [6, 6.07) is 58.2. The van der Waals surface area contributed by atoms with Crippen molar-refractivity contribution in [3.05, 3.63) is 158 Å². The maximum Gasteiger partial charge on any atom is -0.00990 e. The van der Waals surface area contributed by atoms with E-state index in [1.165, 1.54) is 86.9 Å². The van der Waals surface area contributed by atoms with E-state index in [9.17, 15) is 0 Å². The van der Waals surface area contributed by atoms with Crippen molar-refractivity contribution in [2.45, 2.75) is 0 Å². The van der Waals surface area contributed by atoms with Crippen LogP contribution < -0.4 is 0 Å². The van der Waals surface area contributed by atoms with Crippen LogP contribution in [0.1, 0.15) is 0 Å². The molecular weight excluding hydrogens is 504 g/mol. The molecule has 0 spiro atoms. The SMILES string of the molecule is c1ccc2cc3c(ccc4cc(-c5ccc(-c6ccc7c(ccc8cc9ccccc9cc87)c6)cc5)ccc43)cc2c1. The van der Waals surface area contributed by atoms with E-state index in [4.69, 9.17) is 0 Å². The molecule has 0 saturated heterocycles. The molecular formula is C42H26. The minimum atomic E-state index is 1.23. The zero-order valence-electron chi connectivity index (χ0n) is 23.0. The molecule has 0 amide bonds. The summed E-state index contributed by atoms with van der Waals surface area (Å²) in [7, 11) is 0. The van der Waals surface area contributed by atoms with E-state index in [0.717, 1.165) is 0 Å². The first-order valence-electron chi connectivity index (χ1n) is 14.6. The summed E-state index contributed by atoms with van der Waals surface area (Å²) in [6.07, 6.45) is 0. The summed E-state index contributed by atoms with van der Waals surface area (Å²) < 4.78 is 0. The van der Waals surface area contributed by atoms with Crippen LogP contribution in [0.15, 0.2) is 158 Å². The maximum atomic E-state index is 2.33. The van der Waals surface area contributed by atoms with E-state index in [0.29, 0.717) is 0 Å². The van der Waals surface area contributed by atoms with Crippen LogP contribution >= 0.6 is 0 Å². The molecule has 0 heterocycles. The lowest BCUT2D eigenvalue weighted by Crippen LogP contribution is -1.84. The summed E-state index contributed by atoms with van der Waals surface area (Å²) in [5.41, 5.74) is 4.95. The van der Waals surface area contributed by atoms with Crippen LogP contribution in [-0.2, 0) is 0 Å². The fourth-order valence-corrected chi connectivity index (χ4v) is 6.72. The molecule has 0 saturated carbocycles. The third-order valence-corrected chi connectivity index (χ3v) is 8.96. The molecule has 42 heavy (non-hydrogen) atoms. The van der Waals surface area contributed by atoms with Crippen molar-refractivity contribution in [2.24, 2.45) is 0 Å². The maximum absolute atomic E-state index is 2.33. The molecule has 194 valence electrons. The molecule has 0 bridgehead atoms. The predicted molar refractivity (Wildman–Crippen MR) is 182 cm³/mol. The fraction of sp³-hybridized carbons (Fsp3) is 0. The molecule has 9 aromatic rings.